The lowest BCUT2D eigenvalue weighted by atomic mass is 9.96. The van der Waals surface area contributed by atoms with E-state index < -0.39 is 29.7 Å². The summed E-state index contributed by atoms with van der Waals surface area (Å²) in [6.45, 7) is 0. The van der Waals surface area contributed by atoms with Crippen LogP contribution in [0, 0.1) is 0 Å². The van der Waals surface area contributed by atoms with Gasteiger partial charge in [0.1, 0.15) is 6.10 Å². The molecule has 1 aliphatic rings. The van der Waals surface area contributed by atoms with Crippen molar-refractivity contribution in [2.75, 3.05) is 29.6 Å². The van der Waals surface area contributed by atoms with E-state index in [0.29, 0.717) is 28.1 Å². The zero-order valence-corrected chi connectivity index (χ0v) is 21.9. The Labute approximate surface area is 230 Å². The molecule has 4 rings (SSSR count). The number of amides is 2. The fourth-order valence-corrected chi connectivity index (χ4v) is 4.10. The summed E-state index contributed by atoms with van der Waals surface area (Å²) in [4.78, 5) is 26.3. The average Bonchev–Trinajstić information content (AvgIpc) is 2.87. The molecule has 6 nitrogen and oxygen atoms in total. The quantitative estimate of drug-likeness (QED) is 0.269. The van der Waals surface area contributed by atoms with E-state index in [1.165, 1.54) is 24.3 Å². The smallest absolute Gasteiger partial charge is 0.383 e. The van der Waals surface area contributed by atoms with E-state index in [0.717, 1.165) is 23.4 Å². The highest BCUT2D eigenvalue weighted by Gasteiger charge is 2.30. The summed E-state index contributed by atoms with van der Waals surface area (Å²) < 4.78 is 39.3. The summed E-state index contributed by atoms with van der Waals surface area (Å²) >= 11 is 0. The van der Waals surface area contributed by atoms with Crippen molar-refractivity contribution < 1.29 is 27.9 Å². The van der Waals surface area contributed by atoms with Gasteiger partial charge >= 0.3 is 6.18 Å². The van der Waals surface area contributed by atoms with E-state index >= 15 is 0 Å². The van der Waals surface area contributed by atoms with E-state index in [9.17, 15) is 27.9 Å². The zero-order valence-electron chi connectivity index (χ0n) is 21.1. The topological polar surface area (TPSA) is 81.7 Å². The number of benzene rings is 3. The molecule has 0 spiro atoms. The predicted octanol–water partition coefficient (Wildman–Crippen LogP) is 5.68. The SMILES string of the molecule is CN(C)c1cccc(/C(=C/C=C/C(=O)Nc2cccc3c2CC(O)C(=O)N3)c2ccc(C(F)(F)F)cc2)c1.Cl. The number of nitrogens with zero attached hydrogens (tertiary/aromatic N) is 1. The number of hydrogen-bond acceptors (Lipinski definition) is 4. The van der Waals surface area contributed by atoms with Gasteiger partial charge in [-0.3, -0.25) is 9.59 Å². The lowest BCUT2D eigenvalue weighted by molar-refractivity contribution is -0.137. The lowest BCUT2D eigenvalue weighted by Gasteiger charge is -2.23. The maximum atomic E-state index is 13.1. The van der Waals surface area contributed by atoms with Gasteiger partial charge in [-0.25, -0.2) is 0 Å². The number of anilines is 3. The molecule has 10 heteroatoms. The molecule has 0 saturated carbocycles. The fraction of sp³-hybridized carbons (Fsp3) is 0.172. The van der Waals surface area contributed by atoms with Crippen LogP contribution >= 0.6 is 12.4 Å². The van der Waals surface area contributed by atoms with E-state index in [2.05, 4.69) is 10.6 Å². The minimum atomic E-state index is -4.44. The van der Waals surface area contributed by atoms with Gasteiger partial charge in [-0.05, 0) is 53.1 Å². The Kier molecular flexibility index (Phi) is 9.21. The summed E-state index contributed by atoms with van der Waals surface area (Å²) in [7, 11) is 3.77. The molecule has 3 aromatic carbocycles. The van der Waals surface area contributed by atoms with Crippen molar-refractivity contribution in [1.82, 2.24) is 0 Å². The summed E-state index contributed by atoms with van der Waals surface area (Å²) in [5, 5.41) is 15.3. The number of alkyl halides is 3. The Hall–Kier alpha value is -4.08. The van der Waals surface area contributed by atoms with Crippen LogP contribution in [0.5, 0.6) is 0 Å². The summed E-state index contributed by atoms with van der Waals surface area (Å²) in [5.74, 6) is -0.949. The first kappa shape index (κ1) is 29.5. The van der Waals surface area contributed by atoms with Crippen molar-refractivity contribution in [3.05, 3.63) is 107 Å². The van der Waals surface area contributed by atoms with Crippen LogP contribution in [0.2, 0.25) is 0 Å². The molecule has 0 saturated heterocycles. The number of fused-ring (bicyclic) bond motifs is 1. The number of carbonyl (C=O) groups excluding carboxylic acids is 2. The third-order valence-corrected chi connectivity index (χ3v) is 6.10. The van der Waals surface area contributed by atoms with Crippen molar-refractivity contribution in [3.63, 3.8) is 0 Å². The fourth-order valence-electron chi connectivity index (χ4n) is 4.10. The zero-order chi connectivity index (χ0) is 27.4. The van der Waals surface area contributed by atoms with E-state index in [1.54, 1.807) is 24.3 Å². The molecule has 0 radical (unpaired) electrons. The highest BCUT2D eigenvalue weighted by Crippen LogP contribution is 2.33. The average molecular weight is 558 g/mol. The molecule has 0 aromatic heterocycles. The molecule has 1 heterocycles. The van der Waals surface area contributed by atoms with Crippen molar-refractivity contribution in [2.45, 2.75) is 18.7 Å². The van der Waals surface area contributed by atoms with E-state index in [4.69, 9.17) is 0 Å². The van der Waals surface area contributed by atoms with Gasteiger partial charge in [-0.1, -0.05) is 42.5 Å². The van der Waals surface area contributed by atoms with Gasteiger partial charge in [0.2, 0.25) is 5.91 Å². The second-order valence-electron chi connectivity index (χ2n) is 8.99. The van der Waals surface area contributed by atoms with Gasteiger partial charge in [-0.2, -0.15) is 13.2 Å². The van der Waals surface area contributed by atoms with Crippen LogP contribution in [0.15, 0.2) is 85.0 Å². The first-order valence-electron chi connectivity index (χ1n) is 11.8. The Balaban J connectivity index is 0.00000420. The number of halogens is 4. The minimum Gasteiger partial charge on any atom is -0.383 e. The Morgan fingerprint density at radius 1 is 1.05 bits per heavy atom. The number of carbonyl (C=O) groups is 2. The molecule has 1 atom stereocenters. The summed E-state index contributed by atoms with van der Waals surface area (Å²) in [5.41, 5.74) is 3.71. The largest absolute Gasteiger partial charge is 0.416 e. The molecule has 39 heavy (non-hydrogen) atoms. The van der Waals surface area contributed by atoms with Gasteiger partial charge in [-0.15, -0.1) is 12.4 Å². The van der Waals surface area contributed by atoms with Crippen molar-refractivity contribution >= 4 is 46.9 Å². The van der Waals surface area contributed by atoms with Gasteiger partial charge in [0.05, 0.1) is 5.56 Å². The Bertz CT molecular complexity index is 1420. The Morgan fingerprint density at radius 3 is 2.41 bits per heavy atom. The highest BCUT2D eigenvalue weighted by atomic mass is 35.5. The minimum absolute atomic E-state index is 0. The van der Waals surface area contributed by atoms with Crippen molar-refractivity contribution in [3.8, 4) is 0 Å². The standard InChI is InChI=1S/C29H26F3N3O3.ClH/c1-35(2)21-7-3-6-19(16-21)22(18-12-14-20(15-13-18)29(30,31)32)8-4-11-27(37)33-24-9-5-10-25-23(24)17-26(36)28(38)34-25;/h3-16,26,36H,17H2,1-2H3,(H,33,37)(H,34,38);1H/b11-4+,22-8+;. The lowest BCUT2D eigenvalue weighted by Crippen LogP contribution is -2.34. The van der Waals surface area contributed by atoms with Gasteiger partial charge in [0.15, 0.2) is 0 Å². The third kappa shape index (κ3) is 7.07. The molecule has 204 valence electrons. The predicted molar refractivity (Wildman–Crippen MR) is 149 cm³/mol. The third-order valence-electron chi connectivity index (χ3n) is 6.10. The molecule has 0 fully saturated rings. The van der Waals surface area contributed by atoms with E-state index in [1.807, 2.05) is 43.3 Å². The molecule has 0 aliphatic carbocycles. The number of aliphatic hydroxyl groups is 1. The molecular formula is C29H27ClF3N3O3. The highest BCUT2D eigenvalue weighted by molar-refractivity contribution is 6.03. The maximum Gasteiger partial charge on any atom is 0.416 e. The maximum absolute atomic E-state index is 13.1. The number of hydrogen-bond donors (Lipinski definition) is 3. The molecular weight excluding hydrogens is 531 g/mol. The molecule has 3 aromatic rings. The second-order valence-corrected chi connectivity index (χ2v) is 8.99. The van der Waals surface area contributed by atoms with Crippen molar-refractivity contribution in [2.24, 2.45) is 0 Å². The molecule has 0 bridgehead atoms. The van der Waals surface area contributed by atoms with Crippen LogP contribution in [0.1, 0.15) is 22.3 Å². The van der Waals surface area contributed by atoms with Crippen LogP contribution in [0.3, 0.4) is 0 Å². The summed E-state index contributed by atoms with van der Waals surface area (Å²) in [6.07, 6.45) is -1.08. The first-order valence-corrected chi connectivity index (χ1v) is 11.8. The molecule has 3 N–H and O–H groups in total. The van der Waals surface area contributed by atoms with Gasteiger partial charge in [0.25, 0.3) is 5.91 Å². The van der Waals surface area contributed by atoms with Crippen LogP contribution in [-0.4, -0.2) is 37.1 Å². The molecule has 1 aliphatic heterocycles. The first-order chi connectivity index (χ1) is 18.0. The number of rotatable bonds is 6. The Morgan fingerprint density at radius 2 is 1.74 bits per heavy atom. The van der Waals surface area contributed by atoms with Gasteiger partial charge < -0.3 is 20.6 Å². The number of aliphatic hydroxyl groups excluding tert-OH is 1. The summed E-state index contributed by atoms with van der Waals surface area (Å²) in [6, 6.07) is 17.4. The molecule has 2 amide bonds. The normalized spacial score (nSPS) is 15.3. The van der Waals surface area contributed by atoms with Crippen LogP contribution in [0.4, 0.5) is 30.2 Å². The second kappa shape index (κ2) is 12.2. The van der Waals surface area contributed by atoms with E-state index in [-0.39, 0.29) is 18.8 Å². The van der Waals surface area contributed by atoms with Crippen molar-refractivity contribution in [1.29, 1.82) is 0 Å². The monoisotopic (exact) mass is 557 g/mol. The molecule has 1 unspecified atom stereocenters. The number of allylic oxidation sites excluding steroid dienone is 2. The van der Waals surface area contributed by atoms with Gasteiger partial charge in [0, 0.05) is 49.2 Å². The number of nitrogens with one attached hydrogen (secondary N) is 2. The van der Waals surface area contributed by atoms with Crippen LogP contribution in [-0.2, 0) is 22.2 Å². The van der Waals surface area contributed by atoms with Crippen LogP contribution < -0.4 is 15.5 Å². The van der Waals surface area contributed by atoms with Crippen LogP contribution in [0.25, 0.3) is 5.57 Å².